The molecule has 104 valence electrons. The van der Waals surface area contributed by atoms with Gasteiger partial charge in [-0.05, 0) is 37.6 Å². The molecule has 2 rings (SSSR count). The van der Waals surface area contributed by atoms with Gasteiger partial charge < -0.3 is 15.0 Å². The smallest absolute Gasteiger partial charge is 0.254 e. The molecule has 1 aromatic rings. The van der Waals surface area contributed by atoms with Gasteiger partial charge in [0.25, 0.3) is 5.91 Å². The largest absolute Gasteiger partial charge is 0.373 e. The Morgan fingerprint density at radius 3 is 2.84 bits per heavy atom. The van der Waals surface area contributed by atoms with E-state index in [-0.39, 0.29) is 12.0 Å². The number of nitrogens with zero attached hydrogens (tertiary/aromatic N) is 1. The molecule has 0 saturated carbocycles. The molecule has 5 heteroatoms. The molecule has 0 spiro atoms. The van der Waals surface area contributed by atoms with Crippen molar-refractivity contribution >= 4 is 17.7 Å². The van der Waals surface area contributed by atoms with Crippen molar-refractivity contribution in [2.75, 3.05) is 39.5 Å². The molecule has 0 radical (unpaired) electrons. The van der Waals surface area contributed by atoms with Crippen LogP contribution in [-0.2, 0) is 4.74 Å². The zero-order valence-corrected chi connectivity index (χ0v) is 12.2. The minimum atomic E-state index is 0.0909. The molecule has 1 amide bonds. The first-order valence-electron chi connectivity index (χ1n) is 6.44. The highest BCUT2D eigenvalue weighted by Gasteiger charge is 2.24. The summed E-state index contributed by atoms with van der Waals surface area (Å²) in [7, 11) is 1.89. The molecule has 1 fully saturated rings. The van der Waals surface area contributed by atoms with E-state index in [0.29, 0.717) is 19.7 Å². The number of rotatable bonds is 4. The lowest BCUT2D eigenvalue weighted by Gasteiger charge is -2.33. The van der Waals surface area contributed by atoms with Gasteiger partial charge in [-0.15, -0.1) is 11.8 Å². The van der Waals surface area contributed by atoms with Crippen LogP contribution in [0.4, 0.5) is 0 Å². The maximum Gasteiger partial charge on any atom is 0.254 e. The molecule has 1 N–H and O–H groups in total. The number of benzene rings is 1. The van der Waals surface area contributed by atoms with Crippen LogP contribution in [-0.4, -0.2) is 56.5 Å². The summed E-state index contributed by atoms with van der Waals surface area (Å²) >= 11 is 1.68. The van der Waals surface area contributed by atoms with Crippen molar-refractivity contribution in [1.29, 1.82) is 0 Å². The third kappa shape index (κ3) is 3.72. The Morgan fingerprint density at radius 2 is 2.21 bits per heavy atom. The second-order valence-electron chi connectivity index (χ2n) is 4.53. The monoisotopic (exact) mass is 280 g/mol. The fraction of sp³-hybridized carbons (Fsp3) is 0.500. The predicted molar refractivity (Wildman–Crippen MR) is 77.8 cm³/mol. The summed E-state index contributed by atoms with van der Waals surface area (Å²) in [5.41, 5.74) is 0.753. The van der Waals surface area contributed by atoms with E-state index >= 15 is 0 Å². The van der Waals surface area contributed by atoms with Crippen molar-refractivity contribution in [3.63, 3.8) is 0 Å². The summed E-state index contributed by atoms with van der Waals surface area (Å²) in [6, 6.07) is 7.78. The van der Waals surface area contributed by atoms with Crippen molar-refractivity contribution in [2.24, 2.45) is 0 Å². The number of amides is 1. The van der Waals surface area contributed by atoms with Gasteiger partial charge in [0, 0.05) is 30.1 Å². The molecule has 1 unspecified atom stereocenters. The van der Waals surface area contributed by atoms with Crippen LogP contribution in [0.3, 0.4) is 0 Å². The van der Waals surface area contributed by atoms with Crippen LogP contribution in [0, 0.1) is 0 Å². The molecule has 1 aliphatic heterocycles. The third-order valence-corrected chi connectivity index (χ3v) is 3.94. The van der Waals surface area contributed by atoms with Gasteiger partial charge in [-0.3, -0.25) is 4.79 Å². The number of ether oxygens (including phenoxy) is 1. The number of hydrogen-bond donors (Lipinski definition) is 1. The molecule has 0 aliphatic carbocycles. The van der Waals surface area contributed by atoms with Crippen molar-refractivity contribution in [3.05, 3.63) is 29.8 Å². The standard InChI is InChI=1S/C14H20N2O2S/c1-15-9-12-10-16(7-8-18-12)14(17)11-3-5-13(19-2)6-4-11/h3-6,12,15H,7-10H2,1-2H3. The molecule has 19 heavy (non-hydrogen) atoms. The van der Waals surface area contributed by atoms with E-state index in [4.69, 9.17) is 4.74 Å². The molecule has 1 aliphatic rings. The van der Waals surface area contributed by atoms with E-state index < -0.39 is 0 Å². The van der Waals surface area contributed by atoms with Gasteiger partial charge >= 0.3 is 0 Å². The Bertz CT molecular complexity index is 420. The minimum absolute atomic E-state index is 0.0909. The first-order chi connectivity index (χ1) is 9.24. The first kappa shape index (κ1) is 14.4. The number of carbonyl (C=O) groups excluding carboxylic acids is 1. The molecular formula is C14H20N2O2S. The van der Waals surface area contributed by atoms with E-state index in [0.717, 1.165) is 12.1 Å². The highest BCUT2D eigenvalue weighted by atomic mass is 32.2. The highest BCUT2D eigenvalue weighted by Crippen LogP contribution is 2.17. The minimum Gasteiger partial charge on any atom is -0.373 e. The fourth-order valence-electron chi connectivity index (χ4n) is 2.17. The van der Waals surface area contributed by atoms with E-state index in [1.165, 1.54) is 4.90 Å². The van der Waals surface area contributed by atoms with Gasteiger partial charge in [0.1, 0.15) is 0 Å². The fourth-order valence-corrected chi connectivity index (χ4v) is 2.58. The van der Waals surface area contributed by atoms with Gasteiger partial charge in [0.05, 0.1) is 12.7 Å². The number of hydrogen-bond acceptors (Lipinski definition) is 4. The number of carbonyl (C=O) groups is 1. The Morgan fingerprint density at radius 1 is 1.47 bits per heavy atom. The second kappa shape index (κ2) is 6.93. The van der Waals surface area contributed by atoms with Crippen LogP contribution in [0.15, 0.2) is 29.2 Å². The normalized spacial score (nSPS) is 19.5. The Hall–Kier alpha value is -1.04. The summed E-state index contributed by atoms with van der Waals surface area (Å²) < 4.78 is 5.61. The molecule has 1 saturated heterocycles. The van der Waals surface area contributed by atoms with Crippen LogP contribution in [0.2, 0.25) is 0 Å². The van der Waals surface area contributed by atoms with Crippen LogP contribution >= 0.6 is 11.8 Å². The number of nitrogens with one attached hydrogen (secondary N) is 1. The van der Waals surface area contributed by atoms with Gasteiger partial charge in [-0.25, -0.2) is 0 Å². The zero-order valence-electron chi connectivity index (χ0n) is 11.4. The molecule has 1 aromatic carbocycles. The van der Waals surface area contributed by atoms with E-state index in [2.05, 4.69) is 5.32 Å². The number of thioether (sulfide) groups is 1. The Balaban J connectivity index is 2.01. The lowest BCUT2D eigenvalue weighted by molar-refractivity contribution is -0.0196. The lowest BCUT2D eigenvalue weighted by atomic mass is 10.1. The third-order valence-electron chi connectivity index (χ3n) is 3.19. The van der Waals surface area contributed by atoms with E-state index in [1.807, 2.05) is 42.5 Å². The zero-order chi connectivity index (χ0) is 13.7. The van der Waals surface area contributed by atoms with Gasteiger partial charge in [0.2, 0.25) is 0 Å². The SMILES string of the molecule is CNCC1CN(C(=O)c2ccc(SC)cc2)CCO1. The average molecular weight is 280 g/mol. The quantitative estimate of drug-likeness (QED) is 0.848. The summed E-state index contributed by atoms with van der Waals surface area (Å²) in [6.07, 6.45) is 2.12. The van der Waals surface area contributed by atoms with Crippen molar-refractivity contribution < 1.29 is 9.53 Å². The van der Waals surface area contributed by atoms with Crippen LogP contribution in [0.25, 0.3) is 0 Å². The number of likely N-dealkylation sites (N-methyl/N-ethyl adjacent to an activating group) is 1. The summed E-state index contributed by atoms with van der Waals surface area (Å²) in [6.45, 7) is 2.71. The second-order valence-corrected chi connectivity index (χ2v) is 5.41. The van der Waals surface area contributed by atoms with Gasteiger partial charge in [0.15, 0.2) is 0 Å². The molecule has 0 bridgehead atoms. The van der Waals surface area contributed by atoms with E-state index in [9.17, 15) is 4.79 Å². The first-order valence-corrected chi connectivity index (χ1v) is 7.66. The van der Waals surface area contributed by atoms with Crippen molar-refractivity contribution in [3.8, 4) is 0 Å². The summed E-state index contributed by atoms with van der Waals surface area (Å²) in [5.74, 6) is 0.0945. The highest BCUT2D eigenvalue weighted by molar-refractivity contribution is 7.98. The van der Waals surface area contributed by atoms with Crippen molar-refractivity contribution in [1.82, 2.24) is 10.2 Å². The Labute approximate surface area is 118 Å². The number of morpholine rings is 1. The van der Waals surface area contributed by atoms with Gasteiger partial charge in [-0.1, -0.05) is 0 Å². The van der Waals surface area contributed by atoms with Crippen LogP contribution in [0.1, 0.15) is 10.4 Å². The van der Waals surface area contributed by atoms with Crippen molar-refractivity contribution in [2.45, 2.75) is 11.0 Å². The molecule has 0 aromatic heterocycles. The molecule has 1 heterocycles. The maximum atomic E-state index is 12.4. The topological polar surface area (TPSA) is 41.6 Å². The lowest BCUT2D eigenvalue weighted by Crippen LogP contribution is -2.48. The molecular weight excluding hydrogens is 260 g/mol. The maximum absolute atomic E-state index is 12.4. The summed E-state index contributed by atoms with van der Waals surface area (Å²) in [4.78, 5) is 15.4. The molecule has 1 atom stereocenters. The average Bonchev–Trinajstić information content (AvgIpc) is 2.47. The predicted octanol–water partition coefficient (Wildman–Crippen LogP) is 1.47. The van der Waals surface area contributed by atoms with Crippen LogP contribution in [0.5, 0.6) is 0 Å². The van der Waals surface area contributed by atoms with E-state index in [1.54, 1.807) is 11.8 Å². The van der Waals surface area contributed by atoms with Crippen LogP contribution < -0.4 is 5.32 Å². The van der Waals surface area contributed by atoms with Gasteiger partial charge in [-0.2, -0.15) is 0 Å². The summed E-state index contributed by atoms with van der Waals surface area (Å²) in [5, 5.41) is 3.09. The Kier molecular flexibility index (Phi) is 5.24. The molecule has 4 nitrogen and oxygen atoms in total.